The predicted molar refractivity (Wildman–Crippen MR) is 119 cm³/mol. The van der Waals surface area contributed by atoms with Crippen molar-refractivity contribution in [1.82, 2.24) is 20.5 Å². The van der Waals surface area contributed by atoms with E-state index < -0.39 is 0 Å². The fourth-order valence-corrected chi connectivity index (χ4v) is 4.42. The molecule has 3 aromatic rings. The molecular formula is C24H25N5O3. The van der Waals surface area contributed by atoms with Gasteiger partial charge in [0.05, 0.1) is 19.6 Å². The number of ether oxygens (including phenoxy) is 1. The number of methoxy groups -OCH3 is 1. The van der Waals surface area contributed by atoms with E-state index >= 15 is 0 Å². The first-order chi connectivity index (χ1) is 15.6. The lowest BCUT2D eigenvalue weighted by Gasteiger charge is -2.18. The number of carbonyl (C=O) groups excluding carboxylic acids is 2. The molecule has 1 fully saturated rings. The van der Waals surface area contributed by atoms with E-state index in [0.717, 1.165) is 29.8 Å². The molecule has 8 heteroatoms. The van der Waals surface area contributed by atoms with Crippen LogP contribution in [0.4, 0.5) is 5.69 Å². The predicted octanol–water partition coefficient (Wildman–Crippen LogP) is 2.64. The molecule has 8 nitrogen and oxygen atoms in total. The van der Waals surface area contributed by atoms with Gasteiger partial charge in [-0.1, -0.05) is 6.07 Å². The quantitative estimate of drug-likeness (QED) is 0.625. The Morgan fingerprint density at radius 2 is 2.00 bits per heavy atom. The van der Waals surface area contributed by atoms with Crippen LogP contribution in [0.3, 0.4) is 0 Å². The average molecular weight is 431 g/mol. The lowest BCUT2D eigenvalue weighted by molar-refractivity contribution is -0.126. The van der Waals surface area contributed by atoms with E-state index in [1.54, 1.807) is 12.0 Å². The van der Waals surface area contributed by atoms with E-state index in [0.29, 0.717) is 18.2 Å². The van der Waals surface area contributed by atoms with Gasteiger partial charge in [0.1, 0.15) is 11.6 Å². The highest BCUT2D eigenvalue weighted by Gasteiger charge is 2.35. The molecule has 1 unspecified atom stereocenters. The van der Waals surface area contributed by atoms with Crippen molar-refractivity contribution >= 4 is 17.5 Å². The summed E-state index contributed by atoms with van der Waals surface area (Å²) < 4.78 is 5.16. The van der Waals surface area contributed by atoms with E-state index in [1.165, 1.54) is 17.5 Å². The summed E-state index contributed by atoms with van der Waals surface area (Å²) in [5.74, 6) is 1.34. The summed E-state index contributed by atoms with van der Waals surface area (Å²) in [5.41, 5.74) is 4.44. The Hall–Kier alpha value is -3.68. The molecule has 1 saturated heterocycles. The summed E-state index contributed by atoms with van der Waals surface area (Å²) in [6.45, 7) is 0.627. The second kappa shape index (κ2) is 8.45. The molecule has 0 saturated carbocycles. The van der Waals surface area contributed by atoms with Gasteiger partial charge in [-0.05, 0) is 66.8 Å². The molecule has 0 spiro atoms. The standard InChI is InChI=1S/C24H25N5O3/c1-32-20-9-6-16(7-10-20)23-26-21(27-28-23)13-25-24(31)18-12-22(30)29(14-18)19-8-5-15-3-2-4-17(15)11-19/h5-11,18H,2-4,12-14H2,1H3,(H,25,31)(H,26,27,28). The fraction of sp³-hybridized carbons (Fsp3) is 0.333. The van der Waals surface area contributed by atoms with Crippen molar-refractivity contribution in [3.63, 3.8) is 0 Å². The second-order valence-corrected chi connectivity index (χ2v) is 8.26. The Labute approximate surface area is 186 Å². The maximum Gasteiger partial charge on any atom is 0.227 e. The third kappa shape index (κ3) is 3.95. The maximum absolute atomic E-state index is 12.7. The van der Waals surface area contributed by atoms with Crippen LogP contribution in [0.15, 0.2) is 42.5 Å². The number of fused-ring (bicyclic) bond motifs is 1. The zero-order valence-corrected chi connectivity index (χ0v) is 17.9. The van der Waals surface area contributed by atoms with Gasteiger partial charge < -0.3 is 15.0 Å². The molecular weight excluding hydrogens is 406 g/mol. The third-order valence-corrected chi connectivity index (χ3v) is 6.20. The zero-order valence-electron chi connectivity index (χ0n) is 17.9. The van der Waals surface area contributed by atoms with Crippen LogP contribution >= 0.6 is 0 Å². The molecule has 1 aromatic heterocycles. The third-order valence-electron chi connectivity index (χ3n) is 6.20. The van der Waals surface area contributed by atoms with Crippen LogP contribution < -0.4 is 15.0 Å². The maximum atomic E-state index is 12.7. The first-order valence-corrected chi connectivity index (χ1v) is 10.9. The minimum atomic E-state index is -0.375. The number of aromatic amines is 1. The minimum absolute atomic E-state index is 0.00967. The van der Waals surface area contributed by atoms with Crippen LogP contribution in [0, 0.1) is 5.92 Å². The minimum Gasteiger partial charge on any atom is -0.497 e. The van der Waals surface area contributed by atoms with Crippen molar-refractivity contribution < 1.29 is 14.3 Å². The Kier molecular flexibility index (Phi) is 5.34. The Balaban J connectivity index is 1.19. The first-order valence-electron chi connectivity index (χ1n) is 10.9. The van der Waals surface area contributed by atoms with Crippen molar-refractivity contribution in [3.05, 3.63) is 59.4 Å². The first kappa shape index (κ1) is 20.2. The highest BCUT2D eigenvalue weighted by molar-refractivity contribution is 6.00. The highest BCUT2D eigenvalue weighted by Crippen LogP contribution is 2.30. The molecule has 0 bridgehead atoms. The number of aryl methyl sites for hydroxylation is 2. The molecule has 164 valence electrons. The van der Waals surface area contributed by atoms with Crippen LogP contribution in [-0.4, -0.2) is 40.7 Å². The van der Waals surface area contributed by atoms with Crippen molar-refractivity contribution in [2.75, 3.05) is 18.6 Å². The van der Waals surface area contributed by atoms with E-state index in [2.05, 4.69) is 32.6 Å². The second-order valence-electron chi connectivity index (χ2n) is 8.26. The van der Waals surface area contributed by atoms with Gasteiger partial charge in [-0.2, -0.15) is 5.10 Å². The molecule has 2 aromatic carbocycles. The van der Waals surface area contributed by atoms with Crippen LogP contribution in [0.5, 0.6) is 5.75 Å². The number of carbonyl (C=O) groups is 2. The summed E-state index contributed by atoms with van der Waals surface area (Å²) >= 11 is 0. The molecule has 2 N–H and O–H groups in total. The lowest BCUT2D eigenvalue weighted by atomic mass is 10.1. The van der Waals surface area contributed by atoms with Gasteiger partial charge in [0.15, 0.2) is 5.82 Å². The monoisotopic (exact) mass is 431 g/mol. The molecule has 5 rings (SSSR count). The van der Waals surface area contributed by atoms with Gasteiger partial charge in [-0.15, -0.1) is 0 Å². The molecule has 32 heavy (non-hydrogen) atoms. The molecule has 2 aliphatic rings. The van der Waals surface area contributed by atoms with Crippen LogP contribution in [-0.2, 0) is 29.0 Å². The van der Waals surface area contributed by atoms with Gasteiger partial charge in [-0.3, -0.25) is 14.7 Å². The van der Waals surface area contributed by atoms with Gasteiger partial charge in [0.2, 0.25) is 11.8 Å². The van der Waals surface area contributed by atoms with E-state index in [1.807, 2.05) is 30.3 Å². The number of nitrogens with zero attached hydrogens (tertiary/aromatic N) is 3. The number of anilines is 1. The van der Waals surface area contributed by atoms with Crippen LogP contribution in [0.25, 0.3) is 11.4 Å². The zero-order chi connectivity index (χ0) is 22.1. The summed E-state index contributed by atoms with van der Waals surface area (Å²) in [4.78, 5) is 31.5. The SMILES string of the molecule is COc1ccc(-c2n[nH]c(CNC(=O)C3CC(=O)N(c4ccc5c(c4)CCC5)C3)n2)cc1. The summed E-state index contributed by atoms with van der Waals surface area (Å²) in [6, 6.07) is 13.7. The van der Waals surface area contributed by atoms with Crippen LogP contribution in [0.2, 0.25) is 0 Å². The van der Waals surface area contributed by atoms with Crippen molar-refractivity contribution in [1.29, 1.82) is 0 Å². The van der Waals surface area contributed by atoms with Crippen LogP contribution in [0.1, 0.15) is 29.8 Å². The Morgan fingerprint density at radius 3 is 2.81 bits per heavy atom. The van der Waals surface area contributed by atoms with Crippen molar-refractivity contribution in [2.24, 2.45) is 5.92 Å². The number of nitrogens with one attached hydrogen (secondary N) is 2. The summed E-state index contributed by atoms with van der Waals surface area (Å²) in [6.07, 6.45) is 3.55. The number of rotatable bonds is 6. The smallest absolute Gasteiger partial charge is 0.227 e. The van der Waals surface area contributed by atoms with Gasteiger partial charge in [0, 0.05) is 24.2 Å². The van der Waals surface area contributed by atoms with Gasteiger partial charge in [0.25, 0.3) is 0 Å². The molecule has 1 aliphatic carbocycles. The van der Waals surface area contributed by atoms with Crippen molar-refractivity contribution in [2.45, 2.75) is 32.2 Å². The molecule has 2 amide bonds. The lowest BCUT2D eigenvalue weighted by Crippen LogP contribution is -2.32. The normalized spacial score (nSPS) is 17.5. The van der Waals surface area contributed by atoms with E-state index in [-0.39, 0.29) is 30.7 Å². The summed E-state index contributed by atoms with van der Waals surface area (Å²) in [5, 5.41) is 9.97. The number of hydrogen-bond donors (Lipinski definition) is 2. The number of hydrogen-bond acceptors (Lipinski definition) is 5. The van der Waals surface area contributed by atoms with Crippen molar-refractivity contribution in [3.8, 4) is 17.1 Å². The largest absolute Gasteiger partial charge is 0.497 e. The fourth-order valence-electron chi connectivity index (χ4n) is 4.42. The molecule has 1 atom stereocenters. The highest BCUT2D eigenvalue weighted by atomic mass is 16.5. The molecule has 0 radical (unpaired) electrons. The summed E-state index contributed by atoms with van der Waals surface area (Å²) in [7, 11) is 1.62. The average Bonchev–Trinajstić information content (AvgIpc) is 3.56. The van der Waals surface area contributed by atoms with E-state index in [9.17, 15) is 9.59 Å². The Bertz CT molecular complexity index is 1150. The van der Waals surface area contributed by atoms with Gasteiger partial charge in [-0.25, -0.2) is 4.98 Å². The number of benzene rings is 2. The topological polar surface area (TPSA) is 100 Å². The van der Waals surface area contributed by atoms with E-state index in [4.69, 9.17) is 4.74 Å². The van der Waals surface area contributed by atoms with Gasteiger partial charge >= 0.3 is 0 Å². The number of H-pyrrole nitrogens is 1. The number of amides is 2. The number of aromatic nitrogens is 3. The Morgan fingerprint density at radius 1 is 1.19 bits per heavy atom. The molecule has 1 aliphatic heterocycles. The molecule has 2 heterocycles.